The van der Waals surface area contributed by atoms with E-state index in [9.17, 15) is 4.79 Å². The summed E-state index contributed by atoms with van der Waals surface area (Å²) in [6, 6.07) is 0.262. The van der Waals surface area contributed by atoms with Crippen LogP contribution >= 0.6 is 0 Å². The maximum Gasteiger partial charge on any atom is 0.223 e. The summed E-state index contributed by atoms with van der Waals surface area (Å²) < 4.78 is 0. The Morgan fingerprint density at radius 2 is 2.40 bits per heavy atom. The van der Waals surface area contributed by atoms with Gasteiger partial charge >= 0.3 is 0 Å². The van der Waals surface area contributed by atoms with Gasteiger partial charge < -0.3 is 11.1 Å². The summed E-state index contributed by atoms with van der Waals surface area (Å²) in [5.74, 6) is 2.76. The lowest BCUT2D eigenvalue weighted by atomic mass is 9.85. The first-order valence-corrected chi connectivity index (χ1v) is 5.63. The third-order valence-corrected chi connectivity index (χ3v) is 2.90. The van der Waals surface area contributed by atoms with Crippen LogP contribution in [0.4, 0.5) is 0 Å². The topological polar surface area (TPSA) is 55.1 Å². The number of nitrogens with one attached hydrogen (secondary N) is 1. The van der Waals surface area contributed by atoms with E-state index in [0.29, 0.717) is 6.42 Å². The van der Waals surface area contributed by atoms with Gasteiger partial charge in [0.25, 0.3) is 0 Å². The van der Waals surface area contributed by atoms with E-state index in [-0.39, 0.29) is 23.9 Å². The van der Waals surface area contributed by atoms with Crippen LogP contribution in [0.15, 0.2) is 0 Å². The van der Waals surface area contributed by atoms with Crippen molar-refractivity contribution in [3.05, 3.63) is 0 Å². The van der Waals surface area contributed by atoms with Gasteiger partial charge in [0.2, 0.25) is 5.91 Å². The van der Waals surface area contributed by atoms with Gasteiger partial charge in [-0.25, -0.2) is 0 Å². The van der Waals surface area contributed by atoms with Crippen molar-refractivity contribution in [2.45, 2.75) is 51.1 Å². The summed E-state index contributed by atoms with van der Waals surface area (Å²) in [5.41, 5.74) is 5.84. The fourth-order valence-corrected chi connectivity index (χ4v) is 2.05. The van der Waals surface area contributed by atoms with E-state index in [4.69, 9.17) is 12.2 Å². The average Bonchev–Trinajstić information content (AvgIpc) is 2.18. The Labute approximate surface area is 91.8 Å². The molecule has 0 aliphatic heterocycles. The second-order valence-electron chi connectivity index (χ2n) is 4.44. The number of rotatable bonds is 3. The second kappa shape index (κ2) is 5.77. The highest BCUT2D eigenvalue weighted by atomic mass is 16.1. The SMILES string of the molecule is C#CCC(C)NC(=O)C1CCCC(N)C1. The fourth-order valence-electron chi connectivity index (χ4n) is 2.05. The zero-order valence-corrected chi connectivity index (χ0v) is 9.33. The number of nitrogens with two attached hydrogens (primary N) is 1. The van der Waals surface area contributed by atoms with Gasteiger partial charge in [-0.15, -0.1) is 12.3 Å². The van der Waals surface area contributed by atoms with Crippen LogP contribution in [-0.2, 0) is 4.79 Å². The first kappa shape index (κ1) is 12.1. The van der Waals surface area contributed by atoms with Crippen LogP contribution in [0.3, 0.4) is 0 Å². The number of carbonyl (C=O) groups is 1. The van der Waals surface area contributed by atoms with E-state index in [1.165, 1.54) is 0 Å². The molecule has 0 aromatic heterocycles. The van der Waals surface area contributed by atoms with E-state index in [1.54, 1.807) is 0 Å². The van der Waals surface area contributed by atoms with Crippen LogP contribution in [0.2, 0.25) is 0 Å². The Morgan fingerprint density at radius 1 is 1.67 bits per heavy atom. The van der Waals surface area contributed by atoms with Crippen molar-refractivity contribution in [3.63, 3.8) is 0 Å². The fraction of sp³-hybridized carbons (Fsp3) is 0.750. The molecule has 0 radical (unpaired) electrons. The summed E-state index contributed by atoms with van der Waals surface area (Å²) in [6.45, 7) is 1.93. The molecule has 0 heterocycles. The second-order valence-corrected chi connectivity index (χ2v) is 4.44. The van der Waals surface area contributed by atoms with E-state index >= 15 is 0 Å². The zero-order valence-electron chi connectivity index (χ0n) is 9.33. The normalized spacial score (nSPS) is 27.8. The molecule has 1 aliphatic rings. The van der Waals surface area contributed by atoms with Crippen molar-refractivity contribution in [1.82, 2.24) is 5.32 Å². The molecule has 0 bridgehead atoms. The highest BCUT2D eigenvalue weighted by Gasteiger charge is 2.25. The third-order valence-electron chi connectivity index (χ3n) is 2.90. The van der Waals surface area contributed by atoms with Crippen LogP contribution in [0, 0.1) is 18.3 Å². The summed E-state index contributed by atoms with van der Waals surface area (Å²) in [5, 5.41) is 2.93. The van der Waals surface area contributed by atoms with E-state index in [1.807, 2.05) is 6.92 Å². The van der Waals surface area contributed by atoms with Crippen molar-refractivity contribution in [2.75, 3.05) is 0 Å². The smallest absolute Gasteiger partial charge is 0.223 e. The van der Waals surface area contributed by atoms with E-state index in [0.717, 1.165) is 25.7 Å². The molecule has 3 nitrogen and oxygen atoms in total. The lowest BCUT2D eigenvalue weighted by molar-refractivity contribution is -0.126. The third kappa shape index (κ3) is 3.93. The summed E-state index contributed by atoms with van der Waals surface area (Å²) in [4.78, 5) is 11.8. The zero-order chi connectivity index (χ0) is 11.3. The Hall–Kier alpha value is -1.01. The molecule has 3 unspecified atom stereocenters. The van der Waals surface area contributed by atoms with Crippen LogP contribution in [-0.4, -0.2) is 18.0 Å². The minimum absolute atomic E-state index is 0.0700. The maximum absolute atomic E-state index is 11.8. The van der Waals surface area contributed by atoms with Gasteiger partial charge in [-0.1, -0.05) is 6.42 Å². The number of hydrogen-bond donors (Lipinski definition) is 2. The standard InChI is InChI=1S/C12H20N2O/c1-3-5-9(2)14-12(15)10-6-4-7-11(13)8-10/h1,9-11H,4-8,13H2,2H3,(H,14,15). The molecule has 3 N–H and O–H groups in total. The number of amides is 1. The molecule has 1 rings (SSSR count). The molecule has 1 saturated carbocycles. The molecule has 84 valence electrons. The van der Waals surface area contributed by atoms with Gasteiger partial charge in [-0.2, -0.15) is 0 Å². The van der Waals surface area contributed by atoms with Gasteiger partial charge in [0, 0.05) is 24.4 Å². The largest absolute Gasteiger partial charge is 0.352 e. The number of carbonyl (C=O) groups excluding carboxylic acids is 1. The lowest BCUT2D eigenvalue weighted by Gasteiger charge is -2.26. The quantitative estimate of drug-likeness (QED) is 0.681. The molecule has 3 heteroatoms. The van der Waals surface area contributed by atoms with Gasteiger partial charge in [0.15, 0.2) is 0 Å². The van der Waals surface area contributed by atoms with Crippen molar-refractivity contribution < 1.29 is 4.79 Å². The van der Waals surface area contributed by atoms with Gasteiger partial charge in [0.05, 0.1) is 0 Å². The maximum atomic E-state index is 11.8. The van der Waals surface area contributed by atoms with E-state index < -0.39 is 0 Å². The summed E-state index contributed by atoms with van der Waals surface area (Å²) in [7, 11) is 0. The predicted octanol–water partition coefficient (Wildman–Crippen LogP) is 1.03. The molecule has 0 saturated heterocycles. The van der Waals surface area contributed by atoms with Gasteiger partial charge in [0.1, 0.15) is 0 Å². The van der Waals surface area contributed by atoms with Crippen LogP contribution < -0.4 is 11.1 Å². The molecule has 15 heavy (non-hydrogen) atoms. The number of terminal acetylenes is 1. The first-order chi connectivity index (χ1) is 7.13. The minimum atomic E-state index is 0.0700. The molecule has 0 aromatic rings. The summed E-state index contributed by atoms with van der Waals surface area (Å²) >= 11 is 0. The molecule has 1 amide bonds. The predicted molar refractivity (Wildman–Crippen MR) is 61.0 cm³/mol. The lowest BCUT2D eigenvalue weighted by Crippen LogP contribution is -2.41. The van der Waals surface area contributed by atoms with Crippen LogP contribution in [0.5, 0.6) is 0 Å². The van der Waals surface area contributed by atoms with Gasteiger partial charge in [-0.05, 0) is 26.2 Å². The molecular formula is C12H20N2O. The Balaban J connectivity index is 2.36. The molecular weight excluding hydrogens is 188 g/mol. The van der Waals surface area contributed by atoms with Crippen molar-refractivity contribution in [1.29, 1.82) is 0 Å². The summed E-state index contributed by atoms with van der Waals surface area (Å²) in [6.07, 6.45) is 9.65. The Morgan fingerprint density at radius 3 is 3.00 bits per heavy atom. The highest BCUT2D eigenvalue weighted by molar-refractivity contribution is 5.79. The monoisotopic (exact) mass is 208 g/mol. The molecule has 1 fully saturated rings. The minimum Gasteiger partial charge on any atom is -0.352 e. The average molecular weight is 208 g/mol. The first-order valence-electron chi connectivity index (χ1n) is 5.63. The van der Waals surface area contributed by atoms with Crippen molar-refractivity contribution in [2.24, 2.45) is 11.7 Å². The van der Waals surface area contributed by atoms with Crippen LogP contribution in [0.1, 0.15) is 39.0 Å². The number of hydrogen-bond acceptors (Lipinski definition) is 2. The van der Waals surface area contributed by atoms with Crippen molar-refractivity contribution in [3.8, 4) is 12.3 Å². The molecule has 3 atom stereocenters. The van der Waals surface area contributed by atoms with Gasteiger partial charge in [-0.3, -0.25) is 4.79 Å². The Bertz CT molecular complexity index is 257. The van der Waals surface area contributed by atoms with E-state index in [2.05, 4.69) is 11.2 Å². The van der Waals surface area contributed by atoms with Crippen LogP contribution in [0.25, 0.3) is 0 Å². The Kier molecular flexibility index (Phi) is 4.64. The van der Waals surface area contributed by atoms with Crippen molar-refractivity contribution >= 4 is 5.91 Å². The highest BCUT2D eigenvalue weighted by Crippen LogP contribution is 2.23. The molecule has 0 spiro atoms. The molecule has 1 aliphatic carbocycles. The molecule has 0 aromatic carbocycles.